The zero-order valence-electron chi connectivity index (χ0n) is 20.4. The van der Waals surface area contributed by atoms with Gasteiger partial charge in [0.15, 0.2) is 0 Å². The number of benzene rings is 3. The Kier molecular flexibility index (Phi) is 6.29. The second-order valence-electron chi connectivity index (χ2n) is 9.21. The second-order valence-corrected chi connectivity index (χ2v) is 11.5. The summed E-state index contributed by atoms with van der Waals surface area (Å²) in [5, 5.41) is 20.1. The Morgan fingerprint density at radius 1 is 1.08 bits per heavy atom. The van der Waals surface area contributed by atoms with E-state index >= 15 is 0 Å². The molecule has 1 N–H and O–H groups in total. The van der Waals surface area contributed by atoms with Crippen LogP contribution in [0.4, 0.5) is 10.8 Å². The first-order chi connectivity index (χ1) is 18.3. The van der Waals surface area contributed by atoms with Crippen molar-refractivity contribution in [2.45, 2.75) is 12.5 Å². The van der Waals surface area contributed by atoms with Gasteiger partial charge in [-0.2, -0.15) is 10.1 Å². The summed E-state index contributed by atoms with van der Waals surface area (Å²) in [6, 6.07) is 21.2. The molecule has 0 bridgehead atoms. The van der Waals surface area contributed by atoms with Crippen molar-refractivity contribution in [3.8, 4) is 5.88 Å². The summed E-state index contributed by atoms with van der Waals surface area (Å²) in [4.78, 5) is 23.9. The number of hydrogen-bond donors (Lipinski definition) is 1. The summed E-state index contributed by atoms with van der Waals surface area (Å²) < 4.78 is 0.820. The Hall–Kier alpha value is -3.53. The fraction of sp³-hybridized carbons (Fsp3) is 0.143. The van der Waals surface area contributed by atoms with Gasteiger partial charge in [0.2, 0.25) is 11.0 Å². The quantitative estimate of drug-likeness (QED) is 0.344. The van der Waals surface area contributed by atoms with E-state index in [9.17, 15) is 9.90 Å². The van der Waals surface area contributed by atoms with Crippen LogP contribution in [0.3, 0.4) is 0 Å². The standard InChI is InChI=1S/C28H21BrClN5O2S/c1-34(2)19-10-5-16(6-11-19)23-14-22(15-3-8-18(30)9-4-15)33-35(23)28-32-27(37)25(38-28)24-20-13-17(29)7-12-21(20)31-26(24)36/h3-13,23,37H,14H2,1-2H3. The number of carbonyl (C=O) groups excluding carboxylic acids is 1. The molecule has 38 heavy (non-hydrogen) atoms. The first kappa shape index (κ1) is 24.8. The Labute approximate surface area is 236 Å². The molecule has 7 nitrogen and oxygen atoms in total. The van der Waals surface area contributed by atoms with Crippen LogP contribution in [0, 0.1) is 0 Å². The summed E-state index contributed by atoms with van der Waals surface area (Å²) in [5.41, 5.74) is 4.35. The van der Waals surface area contributed by atoms with E-state index in [-0.39, 0.29) is 11.9 Å². The van der Waals surface area contributed by atoms with Crippen molar-refractivity contribution in [3.05, 3.63) is 103 Å². The van der Waals surface area contributed by atoms with Crippen molar-refractivity contribution < 1.29 is 9.90 Å². The molecule has 0 spiro atoms. The second kappa shape index (κ2) is 9.65. The van der Waals surface area contributed by atoms with Crippen molar-refractivity contribution in [2.75, 3.05) is 24.0 Å². The minimum absolute atomic E-state index is 0.148. The van der Waals surface area contributed by atoms with Crippen molar-refractivity contribution in [1.29, 1.82) is 0 Å². The minimum Gasteiger partial charge on any atom is -0.492 e. The molecule has 4 aromatic rings. The third-order valence-corrected chi connectivity index (χ3v) is 8.36. The molecule has 0 radical (unpaired) electrons. The third-order valence-electron chi connectivity index (χ3n) is 6.57. The van der Waals surface area contributed by atoms with Crippen molar-refractivity contribution >= 4 is 66.9 Å². The van der Waals surface area contributed by atoms with Crippen LogP contribution in [0.25, 0.3) is 5.57 Å². The maximum Gasteiger partial charge on any atom is 0.279 e. The molecule has 3 aromatic carbocycles. The molecule has 190 valence electrons. The van der Waals surface area contributed by atoms with Crippen LogP contribution in [-0.4, -0.2) is 35.8 Å². The fourth-order valence-electron chi connectivity index (χ4n) is 4.63. The summed E-state index contributed by atoms with van der Waals surface area (Å²) in [6.07, 6.45) is 0.638. The van der Waals surface area contributed by atoms with Crippen molar-refractivity contribution in [3.63, 3.8) is 0 Å². The maximum atomic E-state index is 12.9. The van der Waals surface area contributed by atoms with E-state index in [1.54, 1.807) is 6.07 Å². The lowest BCUT2D eigenvalue weighted by Crippen LogP contribution is -2.22. The lowest BCUT2D eigenvalue weighted by atomic mass is 9.98. The number of aromatic hydroxyl groups is 1. The number of anilines is 2. The Morgan fingerprint density at radius 3 is 2.53 bits per heavy atom. The average molecular weight is 607 g/mol. The first-order valence-corrected chi connectivity index (χ1v) is 13.8. The lowest BCUT2D eigenvalue weighted by molar-refractivity contribution is -0.112. The van der Waals surface area contributed by atoms with Gasteiger partial charge >= 0.3 is 0 Å². The largest absolute Gasteiger partial charge is 0.492 e. The number of aromatic nitrogens is 1. The topological polar surface area (TPSA) is 81.4 Å². The van der Waals surface area contributed by atoms with E-state index in [0.29, 0.717) is 37.6 Å². The predicted molar refractivity (Wildman–Crippen MR) is 155 cm³/mol. The summed E-state index contributed by atoms with van der Waals surface area (Å²) in [7, 11) is 4.01. The molecule has 1 unspecified atom stereocenters. The number of fused-ring (bicyclic) bond motifs is 1. The molecule has 0 saturated carbocycles. The van der Waals surface area contributed by atoms with E-state index < -0.39 is 5.91 Å². The van der Waals surface area contributed by atoms with Gasteiger partial charge < -0.3 is 10.0 Å². The first-order valence-electron chi connectivity index (χ1n) is 11.8. The number of carbonyl (C=O) groups is 1. The van der Waals surface area contributed by atoms with Crippen LogP contribution in [-0.2, 0) is 4.79 Å². The van der Waals surface area contributed by atoms with Gasteiger partial charge in [-0.15, -0.1) is 0 Å². The number of hydrogen-bond acceptors (Lipinski definition) is 7. The molecule has 3 heterocycles. The molecule has 10 heteroatoms. The zero-order chi connectivity index (χ0) is 26.6. The molecule has 0 aliphatic carbocycles. The third kappa shape index (κ3) is 4.40. The van der Waals surface area contributed by atoms with Gasteiger partial charge in [0.1, 0.15) is 4.88 Å². The number of rotatable bonds is 5. The smallest absolute Gasteiger partial charge is 0.279 e. The number of thiazole rings is 1. The molecule has 2 aliphatic rings. The van der Waals surface area contributed by atoms with Gasteiger partial charge in [0, 0.05) is 40.9 Å². The van der Waals surface area contributed by atoms with Crippen LogP contribution in [0.1, 0.15) is 28.5 Å². The lowest BCUT2D eigenvalue weighted by Gasteiger charge is -2.22. The minimum atomic E-state index is -0.397. The van der Waals surface area contributed by atoms with Crippen LogP contribution < -0.4 is 20.5 Å². The van der Waals surface area contributed by atoms with Gasteiger partial charge in [-0.1, -0.05) is 63.1 Å². The van der Waals surface area contributed by atoms with E-state index in [1.807, 2.05) is 60.4 Å². The van der Waals surface area contributed by atoms with Gasteiger partial charge in [-0.25, -0.2) is 10.0 Å². The highest BCUT2D eigenvalue weighted by molar-refractivity contribution is 9.10. The number of halogens is 2. The van der Waals surface area contributed by atoms with Crippen molar-refractivity contribution in [1.82, 2.24) is 4.98 Å². The molecule has 1 amide bonds. The molecule has 2 aliphatic heterocycles. The zero-order valence-corrected chi connectivity index (χ0v) is 23.5. The van der Waals surface area contributed by atoms with E-state index in [4.69, 9.17) is 16.7 Å². The normalized spacial score (nSPS) is 16.5. The Bertz CT molecular complexity index is 1730. The molecule has 1 atom stereocenters. The van der Waals surface area contributed by atoms with E-state index in [0.717, 1.165) is 27.0 Å². The predicted octanol–water partition coefficient (Wildman–Crippen LogP) is 5.05. The van der Waals surface area contributed by atoms with Gasteiger partial charge in [-0.05, 0) is 53.6 Å². The molecule has 6 rings (SSSR count). The van der Waals surface area contributed by atoms with Crippen molar-refractivity contribution in [2.24, 2.45) is 10.1 Å². The van der Waals surface area contributed by atoms with Crippen LogP contribution in [0.15, 0.2) is 81.3 Å². The molecular weight excluding hydrogens is 586 g/mol. The molecule has 0 saturated heterocycles. The summed E-state index contributed by atoms with van der Waals surface area (Å²) >= 11 is 10.8. The van der Waals surface area contributed by atoms with Gasteiger partial charge in [0.25, 0.3) is 5.91 Å². The summed E-state index contributed by atoms with van der Waals surface area (Å²) in [6.45, 7) is 0. The summed E-state index contributed by atoms with van der Waals surface area (Å²) in [5.74, 6) is -0.612. The number of amides is 1. The highest BCUT2D eigenvalue weighted by atomic mass is 79.9. The molecule has 1 aromatic heterocycles. The highest BCUT2D eigenvalue weighted by Crippen LogP contribution is 2.43. The van der Waals surface area contributed by atoms with Gasteiger partial charge in [-0.3, -0.25) is 4.79 Å². The Balaban J connectivity index is 1.45. The maximum absolute atomic E-state index is 12.9. The van der Waals surface area contributed by atoms with E-state index in [1.165, 1.54) is 11.3 Å². The SMILES string of the molecule is CN(C)c1ccc(C2CC(c3ccc(Cl)cc3)=NN2c2nc(O)c(C3=c4cc(Br)ccc4=NC3=O)s2)cc1. The molecular formula is C28H21BrClN5O2S. The fourth-order valence-corrected chi connectivity index (χ4v) is 6.13. The van der Waals surface area contributed by atoms with Gasteiger partial charge in [0.05, 0.1) is 22.7 Å². The monoisotopic (exact) mass is 605 g/mol. The molecule has 0 fully saturated rings. The average Bonchev–Trinajstić information content (AvgIpc) is 3.59. The van der Waals surface area contributed by atoms with Crippen LogP contribution in [0.5, 0.6) is 5.88 Å². The number of hydrazone groups is 1. The highest BCUT2D eigenvalue weighted by Gasteiger charge is 2.34. The Morgan fingerprint density at radius 2 is 1.82 bits per heavy atom. The van der Waals surface area contributed by atoms with E-state index in [2.05, 4.69) is 50.2 Å². The number of nitrogens with zero attached hydrogens (tertiary/aromatic N) is 5. The van der Waals surface area contributed by atoms with Crippen LogP contribution in [0.2, 0.25) is 5.02 Å². The van der Waals surface area contributed by atoms with Crippen LogP contribution >= 0.6 is 38.9 Å².